The van der Waals surface area contributed by atoms with E-state index in [0.29, 0.717) is 24.4 Å². The fourth-order valence-electron chi connectivity index (χ4n) is 3.63. The average Bonchev–Trinajstić information content (AvgIpc) is 3.15. The first kappa shape index (κ1) is 19.4. The number of ether oxygens (including phenoxy) is 1. The maximum Gasteiger partial charge on any atom is 0.230 e. The van der Waals surface area contributed by atoms with Crippen LogP contribution in [0.3, 0.4) is 0 Å². The van der Waals surface area contributed by atoms with Crippen molar-refractivity contribution >= 4 is 23.0 Å². The molecule has 1 saturated carbocycles. The molecule has 1 aliphatic heterocycles. The Morgan fingerprint density at radius 3 is 2.87 bits per heavy atom. The zero-order valence-electron chi connectivity index (χ0n) is 16.9. The third-order valence-electron chi connectivity index (χ3n) is 5.67. The van der Waals surface area contributed by atoms with Gasteiger partial charge in [-0.3, -0.25) is 0 Å². The highest BCUT2D eigenvalue weighted by Gasteiger charge is 2.39. The van der Waals surface area contributed by atoms with Gasteiger partial charge in [0.15, 0.2) is 0 Å². The maximum atomic E-state index is 10.6. The van der Waals surface area contributed by atoms with E-state index in [9.17, 15) is 5.11 Å². The van der Waals surface area contributed by atoms with Gasteiger partial charge in [0.1, 0.15) is 10.6 Å². The first-order valence-electron chi connectivity index (χ1n) is 10.3. The SMILES string of the molecule is Cc1cc(Nc2nccc(OCC3CNC3)n2)cc(-c2cnc(C3(O)CCC3)s2)c1. The summed E-state index contributed by atoms with van der Waals surface area (Å²) in [6.07, 6.45) is 6.22. The van der Waals surface area contributed by atoms with Gasteiger partial charge in [-0.2, -0.15) is 4.98 Å². The monoisotopic (exact) mass is 423 g/mol. The van der Waals surface area contributed by atoms with Crippen molar-refractivity contribution in [1.82, 2.24) is 20.3 Å². The molecular formula is C22H25N5O2S. The third-order valence-corrected chi connectivity index (χ3v) is 6.91. The molecule has 0 amide bonds. The van der Waals surface area contributed by atoms with Crippen molar-refractivity contribution < 1.29 is 9.84 Å². The van der Waals surface area contributed by atoms with Crippen LogP contribution in [0, 0.1) is 12.8 Å². The van der Waals surface area contributed by atoms with Crippen molar-refractivity contribution in [3.05, 3.63) is 47.2 Å². The lowest BCUT2D eigenvalue weighted by Crippen LogP contribution is -2.45. The highest BCUT2D eigenvalue weighted by molar-refractivity contribution is 7.15. The molecule has 2 aromatic heterocycles. The van der Waals surface area contributed by atoms with Crippen molar-refractivity contribution in [2.45, 2.75) is 31.8 Å². The molecule has 0 spiro atoms. The van der Waals surface area contributed by atoms with Crippen molar-refractivity contribution in [2.24, 2.45) is 5.92 Å². The Morgan fingerprint density at radius 1 is 1.27 bits per heavy atom. The minimum Gasteiger partial charge on any atom is -0.477 e. The summed E-state index contributed by atoms with van der Waals surface area (Å²) in [5, 5.41) is 17.9. The number of thiazole rings is 1. The minimum atomic E-state index is -0.725. The Labute approximate surface area is 179 Å². The zero-order chi connectivity index (χ0) is 20.6. The molecule has 8 heteroatoms. The standard InChI is InChI=1S/C22H25N5O2S/c1-14-7-16(18-12-25-20(30-18)22(28)4-2-5-22)9-17(8-14)26-21-24-6-3-19(27-21)29-13-15-10-23-11-15/h3,6-9,12,15,23,28H,2,4-5,10-11,13H2,1H3,(H,24,26,27). The van der Waals surface area contributed by atoms with E-state index < -0.39 is 5.60 Å². The summed E-state index contributed by atoms with van der Waals surface area (Å²) in [5.41, 5.74) is 2.37. The van der Waals surface area contributed by atoms with Crippen molar-refractivity contribution in [2.75, 3.05) is 25.0 Å². The number of benzene rings is 1. The Balaban J connectivity index is 1.32. The fourth-order valence-corrected chi connectivity index (χ4v) is 4.68. The quantitative estimate of drug-likeness (QED) is 0.534. The topological polar surface area (TPSA) is 92.2 Å². The second-order valence-electron chi connectivity index (χ2n) is 8.18. The summed E-state index contributed by atoms with van der Waals surface area (Å²) in [5.74, 6) is 1.63. The summed E-state index contributed by atoms with van der Waals surface area (Å²) >= 11 is 1.57. The number of rotatable bonds is 7. The predicted molar refractivity (Wildman–Crippen MR) is 117 cm³/mol. The summed E-state index contributed by atoms with van der Waals surface area (Å²) in [6.45, 7) is 4.72. The molecule has 2 fully saturated rings. The van der Waals surface area contributed by atoms with Gasteiger partial charge in [-0.25, -0.2) is 9.97 Å². The lowest BCUT2D eigenvalue weighted by molar-refractivity contribution is -0.0389. The Kier molecular flexibility index (Phi) is 5.14. The normalized spacial score (nSPS) is 17.8. The molecule has 3 N–H and O–H groups in total. The van der Waals surface area contributed by atoms with Crippen LogP contribution >= 0.6 is 11.3 Å². The van der Waals surface area contributed by atoms with E-state index in [2.05, 4.69) is 50.7 Å². The van der Waals surface area contributed by atoms with Crippen LogP contribution in [0.15, 0.2) is 36.7 Å². The summed E-state index contributed by atoms with van der Waals surface area (Å²) < 4.78 is 5.79. The summed E-state index contributed by atoms with van der Waals surface area (Å²) in [4.78, 5) is 14.3. The molecule has 5 rings (SSSR count). The first-order chi connectivity index (χ1) is 14.6. The first-order valence-corrected chi connectivity index (χ1v) is 11.1. The highest BCUT2D eigenvalue weighted by Crippen LogP contribution is 2.44. The van der Waals surface area contributed by atoms with Crippen LogP contribution in [-0.2, 0) is 5.60 Å². The van der Waals surface area contributed by atoms with Crippen LogP contribution in [0.4, 0.5) is 11.6 Å². The Hall–Kier alpha value is -2.55. The van der Waals surface area contributed by atoms with Gasteiger partial charge in [0.25, 0.3) is 0 Å². The van der Waals surface area contributed by atoms with E-state index in [0.717, 1.165) is 59.1 Å². The molecule has 0 atom stereocenters. The molecule has 1 aliphatic carbocycles. The van der Waals surface area contributed by atoms with Gasteiger partial charge in [0.2, 0.25) is 11.8 Å². The molecule has 156 valence electrons. The number of nitrogens with zero attached hydrogens (tertiary/aromatic N) is 3. The van der Waals surface area contributed by atoms with Gasteiger partial charge in [-0.1, -0.05) is 6.07 Å². The van der Waals surface area contributed by atoms with Crippen molar-refractivity contribution in [3.8, 4) is 16.3 Å². The molecule has 1 saturated heterocycles. The maximum absolute atomic E-state index is 10.6. The van der Waals surface area contributed by atoms with Crippen LogP contribution in [-0.4, -0.2) is 39.8 Å². The van der Waals surface area contributed by atoms with Gasteiger partial charge in [0.05, 0.1) is 11.5 Å². The number of aromatic nitrogens is 3. The van der Waals surface area contributed by atoms with Crippen molar-refractivity contribution in [3.63, 3.8) is 0 Å². The van der Waals surface area contributed by atoms with Gasteiger partial charge in [-0.05, 0) is 49.4 Å². The van der Waals surface area contributed by atoms with E-state index in [1.807, 2.05) is 6.20 Å². The average molecular weight is 424 g/mol. The zero-order valence-corrected chi connectivity index (χ0v) is 17.7. The van der Waals surface area contributed by atoms with E-state index in [1.165, 1.54) is 0 Å². The highest BCUT2D eigenvalue weighted by atomic mass is 32.1. The van der Waals surface area contributed by atoms with Gasteiger partial charge >= 0.3 is 0 Å². The van der Waals surface area contributed by atoms with E-state index >= 15 is 0 Å². The second-order valence-corrected chi connectivity index (χ2v) is 9.21. The molecular weight excluding hydrogens is 398 g/mol. The van der Waals surface area contributed by atoms with Crippen LogP contribution < -0.4 is 15.4 Å². The third kappa shape index (κ3) is 4.03. The number of hydrogen-bond acceptors (Lipinski definition) is 8. The predicted octanol–water partition coefficient (Wildman–Crippen LogP) is 3.62. The summed E-state index contributed by atoms with van der Waals surface area (Å²) in [6, 6.07) is 8.02. The van der Waals surface area contributed by atoms with Crippen molar-refractivity contribution in [1.29, 1.82) is 0 Å². The van der Waals surface area contributed by atoms with Gasteiger partial charge in [-0.15, -0.1) is 11.3 Å². The van der Waals surface area contributed by atoms with E-state index in [1.54, 1.807) is 23.6 Å². The molecule has 0 unspecified atom stereocenters. The fraction of sp³-hybridized carbons (Fsp3) is 0.409. The van der Waals surface area contributed by atoms with Gasteiger partial charge in [0, 0.05) is 43.2 Å². The van der Waals surface area contributed by atoms with E-state index in [-0.39, 0.29) is 0 Å². The number of nitrogens with one attached hydrogen (secondary N) is 2. The Morgan fingerprint density at radius 2 is 2.13 bits per heavy atom. The number of anilines is 2. The molecule has 0 radical (unpaired) electrons. The molecule has 0 bridgehead atoms. The van der Waals surface area contributed by atoms with Crippen LogP contribution in [0.25, 0.3) is 10.4 Å². The smallest absolute Gasteiger partial charge is 0.230 e. The number of hydrogen-bond donors (Lipinski definition) is 3. The number of aliphatic hydroxyl groups is 1. The second kappa shape index (κ2) is 7.94. The van der Waals surface area contributed by atoms with Gasteiger partial charge < -0.3 is 20.5 Å². The van der Waals surface area contributed by atoms with Crippen LogP contribution in [0.5, 0.6) is 5.88 Å². The lowest BCUT2D eigenvalue weighted by atomic mass is 9.81. The van der Waals surface area contributed by atoms with Crippen LogP contribution in [0.2, 0.25) is 0 Å². The summed E-state index contributed by atoms with van der Waals surface area (Å²) in [7, 11) is 0. The molecule has 1 aromatic carbocycles. The molecule has 2 aliphatic rings. The molecule has 3 aromatic rings. The molecule has 30 heavy (non-hydrogen) atoms. The largest absolute Gasteiger partial charge is 0.477 e. The lowest BCUT2D eigenvalue weighted by Gasteiger charge is -2.34. The Bertz CT molecular complexity index is 1050. The minimum absolute atomic E-state index is 0.504. The van der Waals surface area contributed by atoms with E-state index in [4.69, 9.17) is 4.74 Å². The number of aryl methyl sites for hydroxylation is 1. The van der Waals surface area contributed by atoms with Crippen LogP contribution in [0.1, 0.15) is 29.8 Å². The molecule has 7 nitrogen and oxygen atoms in total. The molecule has 3 heterocycles.